The Morgan fingerprint density at radius 1 is 1.00 bits per heavy atom. The predicted molar refractivity (Wildman–Crippen MR) is 121 cm³/mol. The third kappa shape index (κ3) is 6.15. The number of hydrogen-bond donors (Lipinski definition) is 2. The lowest BCUT2D eigenvalue weighted by atomic mass is 10.0. The molecule has 9 heteroatoms. The van der Waals surface area contributed by atoms with Crippen LogP contribution in [0.2, 0.25) is 0 Å². The maximum atomic E-state index is 13.2. The van der Waals surface area contributed by atoms with Gasteiger partial charge >= 0.3 is 0 Å². The van der Waals surface area contributed by atoms with Crippen molar-refractivity contribution in [2.75, 3.05) is 5.32 Å². The van der Waals surface area contributed by atoms with Crippen molar-refractivity contribution in [3.63, 3.8) is 0 Å². The molecule has 166 valence electrons. The fourth-order valence-corrected chi connectivity index (χ4v) is 3.89. The number of rotatable bonds is 7. The van der Waals surface area contributed by atoms with E-state index in [1.54, 1.807) is 6.92 Å². The predicted octanol–water partition coefficient (Wildman–Crippen LogP) is 4.04. The molecule has 3 aromatic carbocycles. The summed E-state index contributed by atoms with van der Waals surface area (Å²) in [6, 6.07) is 17.3. The lowest BCUT2D eigenvalue weighted by Gasteiger charge is -2.20. The second-order valence-corrected chi connectivity index (χ2v) is 9.69. The first-order chi connectivity index (χ1) is 15.1. The molecule has 0 fully saturated rings. The van der Waals surface area contributed by atoms with Crippen molar-refractivity contribution in [1.82, 2.24) is 5.32 Å². The topological polar surface area (TPSA) is 92.3 Å². The first-order valence-corrected chi connectivity index (χ1v) is 11.9. The van der Waals surface area contributed by atoms with E-state index in [1.807, 2.05) is 30.3 Å². The summed E-state index contributed by atoms with van der Waals surface area (Å²) >= 11 is 0. The number of hydrogen-bond acceptors (Lipinski definition) is 4. The van der Waals surface area contributed by atoms with E-state index in [9.17, 15) is 22.4 Å². The summed E-state index contributed by atoms with van der Waals surface area (Å²) in [4.78, 5) is 25.6. The van der Waals surface area contributed by atoms with Gasteiger partial charge in [0.2, 0.25) is 5.91 Å². The number of carbonyl (C=O) groups is 2. The van der Waals surface area contributed by atoms with Gasteiger partial charge in [0, 0.05) is 28.4 Å². The largest absolute Gasteiger partial charge is 0.340 e. The van der Waals surface area contributed by atoms with Gasteiger partial charge in [-0.15, -0.1) is 0 Å². The summed E-state index contributed by atoms with van der Waals surface area (Å²) in [6.07, 6.45) is 0.215. The van der Waals surface area contributed by atoms with E-state index < -0.39 is 32.7 Å². The van der Waals surface area contributed by atoms with Crippen molar-refractivity contribution in [2.24, 2.45) is 0 Å². The van der Waals surface area contributed by atoms with Crippen LogP contribution in [0.1, 0.15) is 21.5 Å². The van der Waals surface area contributed by atoms with Crippen molar-refractivity contribution in [3.05, 3.63) is 95.3 Å². The van der Waals surface area contributed by atoms with Crippen LogP contribution in [0.4, 0.5) is 10.1 Å². The van der Waals surface area contributed by atoms with Gasteiger partial charge in [0.25, 0.3) is 15.0 Å². The maximum Gasteiger partial charge on any atom is 0.261 e. The van der Waals surface area contributed by atoms with Gasteiger partial charge in [0.05, 0.1) is 4.90 Å². The number of amides is 2. The lowest BCUT2D eigenvalue weighted by Crippen LogP contribution is -2.45. The Labute approximate surface area is 189 Å². The van der Waals surface area contributed by atoms with Gasteiger partial charge in [-0.3, -0.25) is 9.59 Å². The van der Waals surface area contributed by atoms with E-state index in [1.165, 1.54) is 30.3 Å². The highest BCUT2D eigenvalue weighted by atomic mass is 35.7. The fraction of sp³-hybridized carbons (Fsp3) is 0.130. The van der Waals surface area contributed by atoms with Crippen molar-refractivity contribution < 1.29 is 22.4 Å². The Kier molecular flexibility index (Phi) is 7.27. The zero-order valence-electron chi connectivity index (χ0n) is 17.0. The van der Waals surface area contributed by atoms with Gasteiger partial charge in [-0.2, -0.15) is 0 Å². The smallest absolute Gasteiger partial charge is 0.261 e. The number of halogens is 2. The second-order valence-electron chi connectivity index (χ2n) is 7.13. The third-order valence-corrected chi connectivity index (χ3v) is 6.10. The molecular formula is C23H20ClFN2O4S. The molecule has 3 rings (SSSR count). The van der Waals surface area contributed by atoms with Gasteiger partial charge in [0.1, 0.15) is 11.9 Å². The van der Waals surface area contributed by atoms with Crippen LogP contribution in [0.25, 0.3) is 0 Å². The Balaban J connectivity index is 1.83. The summed E-state index contributed by atoms with van der Waals surface area (Å²) in [6.45, 7) is 1.63. The first kappa shape index (κ1) is 23.4. The summed E-state index contributed by atoms with van der Waals surface area (Å²) in [5, 5.41) is 5.41. The van der Waals surface area contributed by atoms with E-state index in [0.29, 0.717) is 11.3 Å². The molecule has 0 heterocycles. The Morgan fingerprint density at radius 2 is 1.66 bits per heavy atom. The van der Waals surface area contributed by atoms with Crippen molar-refractivity contribution >= 4 is 37.2 Å². The molecule has 6 nitrogen and oxygen atoms in total. The van der Waals surface area contributed by atoms with E-state index in [0.717, 1.165) is 17.7 Å². The van der Waals surface area contributed by atoms with E-state index in [2.05, 4.69) is 10.6 Å². The molecule has 0 saturated carbocycles. The molecule has 0 aliphatic carbocycles. The molecular weight excluding hydrogens is 455 g/mol. The van der Waals surface area contributed by atoms with Crippen LogP contribution in [0, 0.1) is 12.7 Å². The lowest BCUT2D eigenvalue weighted by molar-refractivity contribution is -0.118. The number of nitrogens with one attached hydrogen (secondary N) is 2. The average Bonchev–Trinajstić information content (AvgIpc) is 2.75. The Morgan fingerprint density at radius 3 is 2.25 bits per heavy atom. The Hall–Kier alpha value is -3.23. The fourth-order valence-electron chi connectivity index (χ4n) is 3.05. The number of benzene rings is 3. The van der Waals surface area contributed by atoms with Gasteiger partial charge < -0.3 is 10.6 Å². The van der Waals surface area contributed by atoms with Gasteiger partial charge in [0.15, 0.2) is 0 Å². The van der Waals surface area contributed by atoms with Crippen LogP contribution in [0.15, 0.2) is 77.7 Å². The maximum absolute atomic E-state index is 13.2. The third-order valence-electron chi connectivity index (χ3n) is 4.75. The minimum Gasteiger partial charge on any atom is -0.340 e. The monoisotopic (exact) mass is 474 g/mol. The minimum atomic E-state index is -3.90. The molecule has 0 aliphatic rings. The number of anilines is 1. The first-order valence-electron chi connectivity index (χ1n) is 9.60. The van der Waals surface area contributed by atoms with Crippen LogP contribution in [0.3, 0.4) is 0 Å². The van der Waals surface area contributed by atoms with Crippen LogP contribution < -0.4 is 10.6 Å². The second kappa shape index (κ2) is 9.93. The zero-order valence-corrected chi connectivity index (χ0v) is 18.6. The molecule has 0 aromatic heterocycles. The molecule has 0 saturated heterocycles. The summed E-state index contributed by atoms with van der Waals surface area (Å²) in [5.74, 6) is -1.49. The molecule has 2 amide bonds. The van der Waals surface area contributed by atoms with Gasteiger partial charge in [-0.25, -0.2) is 12.8 Å². The molecule has 0 aliphatic heterocycles. The van der Waals surface area contributed by atoms with Crippen LogP contribution >= 0.6 is 10.7 Å². The summed E-state index contributed by atoms with van der Waals surface area (Å²) < 4.78 is 36.2. The normalized spacial score (nSPS) is 12.1. The molecule has 32 heavy (non-hydrogen) atoms. The van der Waals surface area contributed by atoms with Crippen LogP contribution in [0.5, 0.6) is 0 Å². The number of aryl methyl sites for hydroxylation is 1. The van der Waals surface area contributed by atoms with Crippen molar-refractivity contribution in [3.8, 4) is 0 Å². The summed E-state index contributed by atoms with van der Waals surface area (Å²) in [5.41, 5.74) is 1.91. The molecule has 0 spiro atoms. The highest BCUT2D eigenvalue weighted by Crippen LogP contribution is 2.22. The van der Waals surface area contributed by atoms with E-state index >= 15 is 0 Å². The quantitative estimate of drug-likeness (QED) is 0.505. The molecule has 0 radical (unpaired) electrons. The molecule has 0 bridgehead atoms. The van der Waals surface area contributed by atoms with E-state index in [-0.39, 0.29) is 16.9 Å². The standard InChI is InChI=1S/C23H20ClFN2O4S/c1-15-13-19(32(24,30)31)11-12-20(15)26-23(29)21(14-16-5-3-2-4-6-16)27-22(28)17-7-9-18(25)10-8-17/h2-13,21H,14H2,1H3,(H,26,29)(H,27,28). The average molecular weight is 475 g/mol. The van der Waals surface area contributed by atoms with E-state index in [4.69, 9.17) is 10.7 Å². The summed E-state index contributed by atoms with van der Waals surface area (Å²) in [7, 11) is 1.47. The molecule has 1 unspecified atom stereocenters. The van der Waals surface area contributed by atoms with Crippen molar-refractivity contribution in [1.29, 1.82) is 0 Å². The van der Waals surface area contributed by atoms with Crippen LogP contribution in [-0.2, 0) is 20.3 Å². The highest BCUT2D eigenvalue weighted by Gasteiger charge is 2.23. The zero-order chi connectivity index (χ0) is 23.3. The van der Waals surface area contributed by atoms with Gasteiger partial charge in [-0.1, -0.05) is 30.3 Å². The highest BCUT2D eigenvalue weighted by molar-refractivity contribution is 8.13. The van der Waals surface area contributed by atoms with Gasteiger partial charge in [-0.05, 0) is 60.5 Å². The molecule has 2 N–H and O–H groups in total. The van der Waals surface area contributed by atoms with Crippen molar-refractivity contribution in [2.45, 2.75) is 24.3 Å². The molecule has 3 aromatic rings. The Bertz CT molecular complexity index is 1230. The van der Waals surface area contributed by atoms with Crippen LogP contribution in [-0.4, -0.2) is 26.3 Å². The molecule has 1 atom stereocenters. The minimum absolute atomic E-state index is 0.0832. The SMILES string of the molecule is Cc1cc(S(=O)(=O)Cl)ccc1NC(=O)C(Cc1ccccc1)NC(=O)c1ccc(F)cc1. The number of carbonyl (C=O) groups excluding carboxylic acids is 2.